The highest BCUT2D eigenvalue weighted by molar-refractivity contribution is 5.34. The summed E-state index contributed by atoms with van der Waals surface area (Å²) in [5.74, 6) is 1.37. The molecule has 0 aliphatic rings. The summed E-state index contributed by atoms with van der Waals surface area (Å²) in [6, 6.07) is 11.8. The van der Waals surface area contributed by atoms with Gasteiger partial charge in [0.25, 0.3) is 0 Å². The smallest absolute Gasteiger partial charge is 0.223 e. The highest BCUT2D eigenvalue weighted by atomic mass is 16.5. The van der Waals surface area contributed by atoms with E-state index in [0.717, 1.165) is 17.0 Å². The van der Waals surface area contributed by atoms with Crippen LogP contribution in [-0.2, 0) is 6.54 Å². The Balaban J connectivity index is 2.28. The summed E-state index contributed by atoms with van der Waals surface area (Å²) in [6.45, 7) is 4.40. The van der Waals surface area contributed by atoms with Gasteiger partial charge in [0.1, 0.15) is 5.75 Å². The molecule has 0 radical (unpaired) electrons. The minimum absolute atomic E-state index is 0.425. The Labute approximate surface area is 101 Å². The predicted molar refractivity (Wildman–Crippen MR) is 68.1 cm³/mol. The molecule has 17 heavy (non-hydrogen) atoms. The van der Waals surface area contributed by atoms with Crippen LogP contribution in [0.2, 0.25) is 0 Å². The second kappa shape index (κ2) is 4.97. The van der Waals surface area contributed by atoms with Crippen molar-refractivity contribution in [3.05, 3.63) is 53.2 Å². The molecule has 3 heteroatoms. The molecule has 2 aromatic rings. The van der Waals surface area contributed by atoms with E-state index in [1.165, 1.54) is 5.56 Å². The van der Waals surface area contributed by atoms with Gasteiger partial charge in [-0.05, 0) is 32.0 Å². The Morgan fingerprint density at radius 2 is 1.76 bits per heavy atom. The monoisotopic (exact) mass is 228 g/mol. The molecule has 1 aromatic carbocycles. The Hall–Kier alpha value is -1.87. The van der Waals surface area contributed by atoms with Crippen molar-refractivity contribution in [1.82, 2.24) is 4.98 Å². The summed E-state index contributed by atoms with van der Waals surface area (Å²) in [6.07, 6.45) is 0. The fourth-order valence-electron chi connectivity index (χ4n) is 1.52. The zero-order valence-electron chi connectivity index (χ0n) is 10.1. The SMILES string of the molecule is Cc1ccc(Oc2nc(C)ccc2CN)cc1. The molecule has 3 nitrogen and oxygen atoms in total. The van der Waals surface area contributed by atoms with Crippen LogP contribution >= 0.6 is 0 Å². The maximum Gasteiger partial charge on any atom is 0.223 e. The molecular weight excluding hydrogens is 212 g/mol. The first-order valence-corrected chi connectivity index (χ1v) is 5.60. The van der Waals surface area contributed by atoms with Crippen molar-refractivity contribution in [2.24, 2.45) is 5.73 Å². The van der Waals surface area contributed by atoms with Crippen molar-refractivity contribution in [1.29, 1.82) is 0 Å². The van der Waals surface area contributed by atoms with Crippen molar-refractivity contribution in [2.75, 3.05) is 0 Å². The first-order chi connectivity index (χ1) is 8.19. The third kappa shape index (κ3) is 2.82. The second-order valence-corrected chi connectivity index (χ2v) is 4.04. The highest BCUT2D eigenvalue weighted by Gasteiger charge is 2.05. The molecule has 0 spiro atoms. The number of aromatic nitrogens is 1. The van der Waals surface area contributed by atoms with E-state index in [0.29, 0.717) is 12.4 Å². The highest BCUT2D eigenvalue weighted by Crippen LogP contribution is 2.23. The van der Waals surface area contributed by atoms with Gasteiger partial charge in [-0.2, -0.15) is 0 Å². The van der Waals surface area contributed by atoms with Crippen LogP contribution in [0, 0.1) is 13.8 Å². The van der Waals surface area contributed by atoms with Crippen molar-refractivity contribution < 1.29 is 4.74 Å². The third-order valence-electron chi connectivity index (χ3n) is 2.53. The number of benzene rings is 1. The first-order valence-electron chi connectivity index (χ1n) is 5.60. The molecule has 0 amide bonds. The fourth-order valence-corrected chi connectivity index (χ4v) is 1.52. The molecule has 2 N–H and O–H groups in total. The van der Waals surface area contributed by atoms with Crippen molar-refractivity contribution in [2.45, 2.75) is 20.4 Å². The van der Waals surface area contributed by atoms with E-state index in [4.69, 9.17) is 10.5 Å². The normalized spacial score (nSPS) is 10.3. The number of nitrogens with two attached hydrogens (primary N) is 1. The summed E-state index contributed by atoms with van der Waals surface area (Å²) in [5.41, 5.74) is 8.69. The van der Waals surface area contributed by atoms with E-state index in [-0.39, 0.29) is 0 Å². The number of aryl methyl sites for hydroxylation is 2. The Morgan fingerprint density at radius 3 is 2.41 bits per heavy atom. The molecule has 1 heterocycles. The van der Waals surface area contributed by atoms with E-state index in [2.05, 4.69) is 4.98 Å². The lowest BCUT2D eigenvalue weighted by Crippen LogP contribution is -2.02. The minimum atomic E-state index is 0.425. The van der Waals surface area contributed by atoms with Gasteiger partial charge in [-0.3, -0.25) is 0 Å². The van der Waals surface area contributed by atoms with Gasteiger partial charge < -0.3 is 10.5 Å². The van der Waals surface area contributed by atoms with Gasteiger partial charge in [-0.25, -0.2) is 4.98 Å². The third-order valence-corrected chi connectivity index (χ3v) is 2.53. The number of pyridine rings is 1. The molecule has 0 fully saturated rings. The molecule has 0 unspecified atom stereocenters. The lowest BCUT2D eigenvalue weighted by molar-refractivity contribution is 0.455. The summed E-state index contributed by atoms with van der Waals surface area (Å²) < 4.78 is 5.75. The fraction of sp³-hybridized carbons (Fsp3) is 0.214. The van der Waals surface area contributed by atoms with Gasteiger partial charge in [0.05, 0.1) is 0 Å². The Morgan fingerprint density at radius 1 is 1.06 bits per heavy atom. The van der Waals surface area contributed by atoms with Gasteiger partial charge in [0.2, 0.25) is 5.88 Å². The van der Waals surface area contributed by atoms with Gasteiger partial charge in [-0.15, -0.1) is 0 Å². The van der Waals surface area contributed by atoms with Crippen LogP contribution in [0.4, 0.5) is 0 Å². The number of nitrogens with zero attached hydrogens (tertiary/aromatic N) is 1. The average Bonchev–Trinajstić information content (AvgIpc) is 2.32. The predicted octanol–water partition coefficient (Wildman–Crippen LogP) is 2.95. The summed E-state index contributed by atoms with van der Waals surface area (Å²) in [7, 11) is 0. The molecule has 0 aliphatic heterocycles. The molecule has 0 saturated carbocycles. The summed E-state index contributed by atoms with van der Waals surface area (Å²) in [4.78, 5) is 4.36. The summed E-state index contributed by atoms with van der Waals surface area (Å²) in [5, 5.41) is 0. The molecule has 0 saturated heterocycles. The molecule has 2 rings (SSSR count). The van der Waals surface area contributed by atoms with Gasteiger partial charge in [0, 0.05) is 17.8 Å². The van der Waals surface area contributed by atoms with Crippen LogP contribution in [0.3, 0.4) is 0 Å². The quantitative estimate of drug-likeness (QED) is 0.878. The molecule has 0 bridgehead atoms. The number of hydrogen-bond donors (Lipinski definition) is 1. The Kier molecular flexibility index (Phi) is 3.40. The van der Waals surface area contributed by atoms with E-state index in [9.17, 15) is 0 Å². The van der Waals surface area contributed by atoms with Crippen LogP contribution < -0.4 is 10.5 Å². The maximum absolute atomic E-state index is 5.75. The van der Waals surface area contributed by atoms with Crippen LogP contribution in [0.5, 0.6) is 11.6 Å². The standard InChI is InChI=1S/C14H16N2O/c1-10-3-7-13(8-4-10)17-14-12(9-15)6-5-11(2)16-14/h3-8H,9,15H2,1-2H3. The number of hydrogen-bond acceptors (Lipinski definition) is 3. The maximum atomic E-state index is 5.75. The zero-order chi connectivity index (χ0) is 12.3. The van der Waals surface area contributed by atoms with Gasteiger partial charge >= 0.3 is 0 Å². The second-order valence-electron chi connectivity index (χ2n) is 4.04. The van der Waals surface area contributed by atoms with E-state index >= 15 is 0 Å². The molecule has 88 valence electrons. The van der Waals surface area contributed by atoms with E-state index < -0.39 is 0 Å². The topological polar surface area (TPSA) is 48.1 Å². The van der Waals surface area contributed by atoms with Crippen LogP contribution in [0.25, 0.3) is 0 Å². The molecule has 0 atom stereocenters. The first kappa shape index (κ1) is 11.6. The molecule has 0 aliphatic carbocycles. The van der Waals surface area contributed by atoms with E-state index in [1.807, 2.05) is 50.2 Å². The van der Waals surface area contributed by atoms with Crippen molar-refractivity contribution in [3.8, 4) is 11.6 Å². The van der Waals surface area contributed by atoms with Crippen molar-refractivity contribution >= 4 is 0 Å². The molecular formula is C14H16N2O. The number of ether oxygens (including phenoxy) is 1. The lowest BCUT2D eigenvalue weighted by Gasteiger charge is -2.09. The van der Waals surface area contributed by atoms with Crippen molar-refractivity contribution in [3.63, 3.8) is 0 Å². The van der Waals surface area contributed by atoms with E-state index in [1.54, 1.807) is 0 Å². The molecule has 1 aromatic heterocycles. The minimum Gasteiger partial charge on any atom is -0.439 e. The largest absolute Gasteiger partial charge is 0.439 e. The van der Waals surface area contributed by atoms with Crippen LogP contribution in [-0.4, -0.2) is 4.98 Å². The van der Waals surface area contributed by atoms with Gasteiger partial charge in [-0.1, -0.05) is 23.8 Å². The average molecular weight is 228 g/mol. The van der Waals surface area contributed by atoms with Crippen LogP contribution in [0.1, 0.15) is 16.8 Å². The van der Waals surface area contributed by atoms with Gasteiger partial charge in [0.15, 0.2) is 0 Å². The lowest BCUT2D eigenvalue weighted by atomic mass is 10.2. The van der Waals surface area contributed by atoms with Crippen LogP contribution in [0.15, 0.2) is 36.4 Å². The number of rotatable bonds is 3. The zero-order valence-corrected chi connectivity index (χ0v) is 10.1. The Bertz CT molecular complexity index is 506. The summed E-state index contributed by atoms with van der Waals surface area (Å²) >= 11 is 0.